The van der Waals surface area contributed by atoms with E-state index >= 15 is 0 Å². The lowest BCUT2D eigenvalue weighted by Crippen LogP contribution is -2.18. The Labute approximate surface area is 129 Å². The molecular formula is C18H18ClNO. The lowest BCUT2D eigenvalue weighted by molar-refractivity contribution is 0.489. The van der Waals surface area contributed by atoms with Crippen LogP contribution in [0.5, 0.6) is 0 Å². The predicted molar refractivity (Wildman–Crippen MR) is 88.0 cm³/mol. The van der Waals surface area contributed by atoms with E-state index in [0.717, 1.165) is 38.4 Å². The van der Waals surface area contributed by atoms with Crippen molar-refractivity contribution in [3.05, 3.63) is 69.9 Å². The van der Waals surface area contributed by atoms with Gasteiger partial charge in [-0.1, -0.05) is 41.9 Å². The van der Waals surface area contributed by atoms with Crippen LogP contribution in [0.2, 0.25) is 5.02 Å². The van der Waals surface area contributed by atoms with Crippen molar-refractivity contribution in [1.29, 1.82) is 0 Å². The van der Waals surface area contributed by atoms with Crippen LogP contribution in [0.1, 0.15) is 28.5 Å². The molecule has 0 aliphatic carbocycles. The first kappa shape index (κ1) is 14.2. The van der Waals surface area contributed by atoms with Crippen molar-refractivity contribution < 1.29 is 4.42 Å². The van der Waals surface area contributed by atoms with Gasteiger partial charge in [0.1, 0.15) is 11.3 Å². The molecule has 0 saturated carbocycles. The van der Waals surface area contributed by atoms with Gasteiger partial charge < -0.3 is 9.73 Å². The standard InChI is InChI=1S/C18H18ClNO/c1-11-6-4-7-13-10-16(21-18(11)13)17(20-3)14-8-5-9-15(19)12(14)2/h4-10,17,20H,1-3H3. The summed E-state index contributed by atoms with van der Waals surface area (Å²) in [4.78, 5) is 0. The Hall–Kier alpha value is -1.77. The van der Waals surface area contributed by atoms with Gasteiger partial charge in [-0.3, -0.25) is 0 Å². The van der Waals surface area contributed by atoms with Gasteiger partial charge >= 0.3 is 0 Å². The quantitative estimate of drug-likeness (QED) is 0.735. The van der Waals surface area contributed by atoms with Gasteiger partial charge in [0, 0.05) is 10.4 Å². The molecule has 0 aliphatic heterocycles. The highest BCUT2D eigenvalue weighted by Gasteiger charge is 2.19. The molecule has 21 heavy (non-hydrogen) atoms. The number of furan rings is 1. The highest BCUT2D eigenvalue weighted by atomic mass is 35.5. The Morgan fingerprint density at radius 3 is 2.57 bits per heavy atom. The van der Waals surface area contributed by atoms with Crippen LogP contribution in [0.15, 0.2) is 46.9 Å². The number of fused-ring (bicyclic) bond motifs is 1. The zero-order valence-corrected chi connectivity index (χ0v) is 13.2. The minimum atomic E-state index is -0.00417. The Bertz CT molecular complexity index is 791. The van der Waals surface area contributed by atoms with Gasteiger partial charge in [0.15, 0.2) is 0 Å². The SMILES string of the molecule is CNC(c1cc2cccc(C)c2o1)c1cccc(Cl)c1C. The molecular weight excluding hydrogens is 282 g/mol. The van der Waals surface area contributed by atoms with Crippen molar-refractivity contribution in [2.24, 2.45) is 0 Å². The van der Waals surface area contributed by atoms with Crippen LogP contribution < -0.4 is 5.32 Å². The minimum absolute atomic E-state index is 0.00417. The molecule has 0 amide bonds. The number of nitrogens with one attached hydrogen (secondary N) is 1. The van der Waals surface area contributed by atoms with Crippen LogP contribution >= 0.6 is 11.6 Å². The summed E-state index contributed by atoms with van der Waals surface area (Å²) in [7, 11) is 1.94. The zero-order chi connectivity index (χ0) is 15.0. The van der Waals surface area contributed by atoms with E-state index in [0.29, 0.717) is 0 Å². The van der Waals surface area contributed by atoms with Gasteiger partial charge in [0.2, 0.25) is 0 Å². The molecule has 0 aliphatic rings. The van der Waals surface area contributed by atoms with Crippen LogP contribution in [0.25, 0.3) is 11.0 Å². The Balaban J connectivity index is 2.14. The smallest absolute Gasteiger partial charge is 0.137 e. The summed E-state index contributed by atoms with van der Waals surface area (Å²) in [5, 5.41) is 5.24. The van der Waals surface area contributed by atoms with Gasteiger partial charge in [-0.25, -0.2) is 0 Å². The Morgan fingerprint density at radius 1 is 1.10 bits per heavy atom. The average Bonchev–Trinajstić information content (AvgIpc) is 2.89. The van der Waals surface area contributed by atoms with Crippen LogP contribution in [0.3, 0.4) is 0 Å². The molecule has 0 saturated heterocycles. The Morgan fingerprint density at radius 2 is 1.86 bits per heavy atom. The van der Waals surface area contributed by atoms with Crippen molar-refractivity contribution in [1.82, 2.24) is 5.32 Å². The molecule has 2 aromatic carbocycles. The topological polar surface area (TPSA) is 25.2 Å². The molecule has 1 heterocycles. The zero-order valence-electron chi connectivity index (χ0n) is 12.4. The minimum Gasteiger partial charge on any atom is -0.459 e. The van der Waals surface area contributed by atoms with E-state index in [1.54, 1.807) is 0 Å². The van der Waals surface area contributed by atoms with E-state index in [1.165, 1.54) is 0 Å². The second-order valence-corrected chi connectivity index (χ2v) is 5.72. The highest BCUT2D eigenvalue weighted by molar-refractivity contribution is 6.31. The molecule has 0 fully saturated rings. The molecule has 1 aromatic heterocycles. The maximum Gasteiger partial charge on any atom is 0.137 e. The van der Waals surface area contributed by atoms with Gasteiger partial charge in [0.25, 0.3) is 0 Å². The molecule has 0 radical (unpaired) electrons. The second kappa shape index (κ2) is 5.55. The molecule has 1 atom stereocenters. The number of rotatable bonds is 3. The van der Waals surface area contributed by atoms with Gasteiger partial charge in [-0.15, -0.1) is 0 Å². The summed E-state index contributed by atoms with van der Waals surface area (Å²) in [5.41, 5.74) is 4.32. The molecule has 0 bridgehead atoms. The Kier molecular flexibility index (Phi) is 3.75. The first-order chi connectivity index (χ1) is 10.1. The van der Waals surface area contributed by atoms with Crippen LogP contribution in [-0.2, 0) is 0 Å². The number of aryl methyl sites for hydroxylation is 1. The average molecular weight is 300 g/mol. The van der Waals surface area contributed by atoms with E-state index in [4.69, 9.17) is 16.0 Å². The second-order valence-electron chi connectivity index (χ2n) is 5.32. The molecule has 0 spiro atoms. The summed E-state index contributed by atoms with van der Waals surface area (Å²) in [6, 6.07) is 14.3. The monoisotopic (exact) mass is 299 g/mol. The third kappa shape index (κ3) is 2.45. The van der Waals surface area contributed by atoms with Crippen LogP contribution in [0, 0.1) is 13.8 Å². The summed E-state index contributed by atoms with van der Waals surface area (Å²) in [6.07, 6.45) is 0. The molecule has 108 valence electrons. The molecule has 3 rings (SSSR count). The van der Waals surface area contributed by atoms with Crippen molar-refractivity contribution in [2.75, 3.05) is 7.05 Å². The van der Waals surface area contributed by atoms with Crippen molar-refractivity contribution >= 4 is 22.6 Å². The van der Waals surface area contributed by atoms with E-state index in [-0.39, 0.29) is 6.04 Å². The summed E-state index contributed by atoms with van der Waals surface area (Å²) < 4.78 is 6.10. The number of benzene rings is 2. The lowest BCUT2D eigenvalue weighted by Gasteiger charge is -2.17. The molecule has 2 nitrogen and oxygen atoms in total. The fourth-order valence-electron chi connectivity index (χ4n) is 2.76. The first-order valence-electron chi connectivity index (χ1n) is 7.03. The number of hydrogen-bond acceptors (Lipinski definition) is 2. The van der Waals surface area contributed by atoms with E-state index < -0.39 is 0 Å². The van der Waals surface area contributed by atoms with Crippen molar-refractivity contribution in [3.63, 3.8) is 0 Å². The van der Waals surface area contributed by atoms with E-state index in [9.17, 15) is 0 Å². The molecule has 1 N–H and O–H groups in total. The maximum atomic E-state index is 6.25. The number of hydrogen-bond donors (Lipinski definition) is 1. The van der Waals surface area contributed by atoms with Crippen molar-refractivity contribution in [3.8, 4) is 0 Å². The summed E-state index contributed by atoms with van der Waals surface area (Å²) in [6.45, 7) is 4.10. The fraction of sp³-hybridized carbons (Fsp3) is 0.222. The largest absolute Gasteiger partial charge is 0.459 e. The lowest BCUT2D eigenvalue weighted by atomic mass is 9.99. The normalized spacial score (nSPS) is 12.8. The number of halogens is 1. The third-order valence-electron chi connectivity index (χ3n) is 3.95. The first-order valence-corrected chi connectivity index (χ1v) is 7.41. The molecule has 1 unspecified atom stereocenters. The predicted octanol–water partition coefficient (Wildman–Crippen LogP) is 5.01. The van der Waals surface area contributed by atoms with Gasteiger partial charge in [-0.05, 0) is 49.7 Å². The summed E-state index contributed by atoms with van der Waals surface area (Å²) >= 11 is 6.25. The van der Waals surface area contributed by atoms with E-state index in [2.05, 4.69) is 42.6 Å². The third-order valence-corrected chi connectivity index (χ3v) is 4.36. The summed E-state index contributed by atoms with van der Waals surface area (Å²) in [5.74, 6) is 0.909. The van der Waals surface area contributed by atoms with Gasteiger partial charge in [0.05, 0.1) is 6.04 Å². The highest BCUT2D eigenvalue weighted by Crippen LogP contribution is 2.32. The van der Waals surface area contributed by atoms with E-state index in [1.807, 2.05) is 26.1 Å². The maximum absolute atomic E-state index is 6.25. The molecule has 3 aromatic rings. The van der Waals surface area contributed by atoms with Crippen LogP contribution in [0.4, 0.5) is 0 Å². The number of para-hydroxylation sites is 1. The van der Waals surface area contributed by atoms with Crippen molar-refractivity contribution in [2.45, 2.75) is 19.9 Å². The molecule has 3 heteroatoms. The van der Waals surface area contributed by atoms with Gasteiger partial charge in [-0.2, -0.15) is 0 Å². The van der Waals surface area contributed by atoms with Crippen LogP contribution in [-0.4, -0.2) is 7.05 Å². The fourth-order valence-corrected chi connectivity index (χ4v) is 2.94.